The van der Waals surface area contributed by atoms with Gasteiger partial charge in [-0.05, 0) is 23.8 Å². The molecule has 0 amide bonds. The summed E-state index contributed by atoms with van der Waals surface area (Å²) in [6.45, 7) is 11.3. The summed E-state index contributed by atoms with van der Waals surface area (Å²) in [6, 6.07) is 0. The SMILES string of the molecule is COC1=C(C)C=C(C(C)(C)C)C(C)C1. The predicted octanol–water partition coefficient (Wildman–Crippen LogP) is 3.92. The summed E-state index contributed by atoms with van der Waals surface area (Å²) in [6.07, 6.45) is 3.35. The Labute approximate surface area is 87.8 Å². The Morgan fingerprint density at radius 2 is 1.93 bits per heavy atom. The molecular weight excluding hydrogens is 172 g/mol. The van der Waals surface area contributed by atoms with Crippen LogP contribution in [0.5, 0.6) is 0 Å². The molecule has 0 aromatic heterocycles. The number of ether oxygens (including phenoxy) is 1. The van der Waals surface area contributed by atoms with Gasteiger partial charge in [0.05, 0.1) is 12.9 Å². The van der Waals surface area contributed by atoms with Crippen LogP contribution in [0.3, 0.4) is 0 Å². The molecule has 0 aromatic rings. The molecule has 80 valence electrons. The molecule has 1 nitrogen and oxygen atoms in total. The van der Waals surface area contributed by atoms with Crippen LogP contribution in [0.25, 0.3) is 0 Å². The van der Waals surface area contributed by atoms with Crippen LogP contribution in [0.15, 0.2) is 23.0 Å². The second-order valence-corrected chi connectivity index (χ2v) is 5.27. The quantitative estimate of drug-likeness (QED) is 0.614. The monoisotopic (exact) mass is 194 g/mol. The molecule has 1 rings (SSSR count). The van der Waals surface area contributed by atoms with E-state index in [0.717, 1.165) is 12.2 Å². The number of hydrogen-bond acceptors (Lipinski definition) is 1. The highest BCUT2D eigenvalue weighted by molar-refractivity contribution is 5.33. The van der Waals surface area contributed by atoms with E-state index in [1.54, 1.807) is 7.11 Å². The zero-order valence-electron chi connectivity index (χ0n) is 10.3. The molecular formula is C13H22O. The third kappa shape index (κ3) is 2.20. The average Bonchev–Trinajstić information content (AvgIpc) is 2.06. The summed E-state index contributed by atoms with van der Waals surface area (Å²) in [5, 5.41) is 0. The smallest absolute Gasteiger partial charge is 0.0990 e. The van der Waals surface area contributed by atoms with Crippen LogP contribution in [-0.4, -0.2) is 7.11 Å². The van der Waals surface area contributed by atoms with E-state index in [-0.39, 0.29) is 5.41 Å². The maximum atomic E-state index is 5.37. The molecule has 1 unspecified atom stereocenters. The van der Waals surface area contributed by atoms with Crippen molar-refractivity contribution in [1.82, 2.24) is 0 Å². The van der Waals surface area contributed by atoms with Gasteiger partial charge in [-0.2, -0.15) is 0 Å². The van der Waals surface area contributed by atoms with Gasteiger partial charge in [-0.3, -0.25) is 0 Å². The van der Waals surface area contributed by atoms with Crippen LogP contribution < -0.4 is 0 Å². The summed E-state index contributed by atoms with van der Waals surface area (Å²) in [5.41, 5.74) is 3.10. The van der Waals surface area contributed by atoms with Crippen molar-refractivity contribution in [2.75, 3.05) is 7.11 Å². The number of rotatable bonds is 1. The molecule has 0 bridgehead atoms. The number of allylic oxidation sites excluding steroid dienone is 4. The van der Waals surface area contributed by atoms with Gasteiger partial charge in [-0.15, -0.1) is 0 Å². The topological polar surface area (TPSA) is 9.23 Å². The lowest BCUT2D eigenvalue weighted by Gasteiger charge is -2.32. The Morgan fingerprint density at radius 3 is 2.36 bits per heavy atom. The van der Waals surface area contributed by atoms with Gasteiger partial charge < -0.3 is 4.74 Å². The minimum atomic E-state index is 0.278. The summed E-state index contributed by atoms with van der Waals surface area (Å²) < 4.78 is 5.37. The molecule has 1 aliphatic rings. The van der Waals surface area contributed by atoms with Gasteiger partial charge in [-0.25, -0.2) is 0 Å². The van der Waals surface area contributed by atoms with E-state index in [9.17, 15) is 0 Å². The summed E-state index contributed by atoms with van der Waals surface area (Å²) in [4.78, 5) is 0. The molecule has 0 aliphatic heterocycles. The van der Waals surface area contributed by atoms with Gasteiger partial charge in [0.15, 0.2) is 0 Å². The van der Waals surface area contributed by atoms with Crippen LogP contribution in [0.1, 0.15) is 41.0 Å². The van der Waals surface area contributed by atoms with Crippen molar-refractivity contribution >= 4 is 0 Å². The van der Waals surface area contributed by atoms with E-state index >= 15 is 0 Å². The molecule has 0 radical (unpaired) electrons. The molecule has 0 spiro atoms. The summed E-state index contributed by atoms with van der Waals surface area (Å²) >= 11 is 0. The number of hydrogen-bond donors (Lipinski definition) is 0. The fourth-order valence-corrected chi connectivity index (χ4v) is 2.21. The molecule has 0 N–H and O–H groups in total. The first-order valence-corrected chi connectivity index (χ1v) is 5.32. The Morgan fingerprint density at radius 1 is 1.36 bits per heavy atom. The lowest BCUT2D eigenvalue weighted by molar-refractivity contribution is 0.254. The van der Waals surface area contributed by atoms with E-state index in [0.29, 0.717) is 5.92 Å². The maximum Gasteiger partial charge on any atom is 0.0990 e. The van der Waals surface area contributed by atoms with Crippen LogP contribution in [-0.2, 0) is 4.74 Å². The minimum absolute atomic E-state index is 0.278. The summed E-state index contributed by atoms with van der Waals surface area (Å²) in [5.74, 6) is 1.75. The van der Waals surface area contributed by atoms with E-state index in [1.807, 2.05) is 0 Å². The molecule has 0 saturated heterocycles. The Bertz CT molecular complexity index is 276. The van der Waals surface area contributed by atoms with E-state index in [1.165, 1.54) is 11.1 Å². The Kier molecular flexibility index (Phi) is 3.08. The lowest BCUT2D eigenvalue weighted by atomic mass is 9.74. The molecule has 1 atom stereocenters. The molecule has 0 heterocycles. The molecule has 0 saturated carbocycles. The molecule has 14 heavy (non-hydrogen) atoms. The zero-order valence-corrected chi connectivity index (χ0v) is 10.3. The van der Waals surface area contributed by atoms with Crippen molar-refractivity contribution < 1.29 is 4.74 Å². The van der Waals surface area contributed by atoms with Crippen LogP contribution in [0, 0.1) is 11.3 Å². The highest BCUT2D eigenvalue weighted by Crippen LogP contribution is 2.39. The minimum Gasteiger partial charge on any atom is -0.501 e. The van der Waals surface area contributed by atoms with Crippen molar-refractivity contribution in [3.8, 4) is 0 Å². The highest BCUT2D eigenvalue weighted by atomic mass is 16.5. The Hall–Kier alpha value is -0.720. The van der Waals surface area contributed by atoms with E-state index < -0.39 is 0 Å². The van der Waals surface area contributed by atoms with Crippen molar-refractivity contribution in [3.63, 3.8) is 0 Å². The highest BCUT2D eigenvalue weighted by Gasteiger charge is 2.26. The summed E-state index contributed by atoms with van der Waals surface area (Å²) in [7, 11) is 1.77. The van der Waals surface area contributed by atoms with Crippen LogP contribution in [0.2, 0.25) is 0 Å². The van der Waals surface area contributed by atoms with Crippen molar-refractivity contribution in [1.29, 1.82) is 0 Å². The normalized spacial score (nSPS) is 23.6. The van der Waals surface area contributed by atoms with Gasteiger partial charge in [0, 0.05) is 6.42 Å². The third-order valence-corrected chi connectivity index (χ3v) is 2.95. The molecule has 1 heteroatoms. The Balaban J connectivity index is 3.04. The zero-order chi connectivity index (χ0) is 10.9. The first-order valence-electron chi connectivity index (χ1n) is 5.32. The van der Waals surface area contributed by atoms with Gasteiger partial charge >= 0.3 is 0 Å². The molecule has 1 aliphatic carbocycles. The van der Waals surface area contributed by atoms with Gasteiger partial charge in [0.25, 0.3) is 0 Å². The maximum absolute atomic E-state index is 5.37. The van der Waals surface area contributed by atoms with Crippen molar-refractivity contribution in [2.45, 2.75) is 41.0 Å². The molecule has 0 fully saturated rings. The second kappa shape index (κ2) is 3.80. The average molecular weight is 194 g/mol. The lowest BCUT2D eigenvalue weighted by Crippen LogP contribution is -2.20. The number of methoxy groups -OCH3 is 1. The first kappa shape index (κ1) is 11.4. The standard InChI is InChI=1S/C13H22O/c1-9-8-12(14-6)10(2)7-11(9)13(3,4)5/h7,9H,8H2,1-6H3. The molecule has 0 aromatic carbocycles. The van der Waals surface area contributed by atoms with E-state index in [4.69, 9.17) is 4.74 Å². The fraction of sp³-hybridized carbons (Fsp3) is 0.692. The van der Waals surface area contributed by atoms with Crippen molar-refractivity contribution in [3.05, 3.63) is 23.0 Å². The van der Waals surface area contributed by atoms with Gasteiger partial charge in [-0.1, -0.05) is 39.3 Å². The predicted molar refractivity (Wildman–Crippen MR) is 61.0 cm³/mol. The van der Waals surface area contributed by atoms with Gasteiger partial charge in [0.1, 0.15) is 0 Å². The van der Waals surface area contributed by atoms with E-state index in [2.05, 4.69) is 40.7 Å². The van der Waals surface area contributed by atoms with Crippen molar-refractivity contribution in [2.24, 2.45) is 11.3 Å². The van der Waals surface area contributed by atoms with Gasteiger partial charge in [0.2, 0.25) is 0 Å². The first-order chi connectivity index (χ1) is 6.36. The van der Waals surface area contributed by atoms with Crippen LogP contribution >= 0.6 is 0 Å². The largest absolute Gasteiger partial charge is 0.501 e. The fourth-order valence-electron chi connectivity index (χ4n) is 2.21. The third-order valence-electron chi connectivity index (χ3n) is 2.95. The van der Waals surface area contributed by atoms with Crippen LogP contribution in [0.4, 0.5) is 0 Å². The second-order valence-electron chi connectivity index (χ2n) is 5.27.